The minimum absolute atomic E-state index is 0.389. The van der Waals surface area contributed by atoms with Crippen LogP contribution in [0.25, 0.3) is 10.8 Å². The summed E-state index contributed by atoms with van der Waals surface area (Å²) in [5, 5.41) is 14.1. The summed E-state index contributed by atoms with van der Waals surface area (Å²) in [6, 6.07) is 12.6. The number of carbonyl (C=O) groups excluding carboxylic acids is 1. The lowest BCUT2D eigenvalue weighted by molar-refractivity contribution is -0.119. The number of hydrogen-bond acceptors (Lipinski definition) is 3. The van der Waals surface area contributed by atoms with Gasteiger partial charge in [-0.1, -0.05) is 30.3 Å². The first-order chi connectivity index (χ1) is 8.58. The molecule has 1 amide bonds. The van der Waals surface area contributed by atoms with Gasteiger partial charge in [0.2, 0.25) is 5.91 Å². The summed E-state index contributed by atoms with van der Waals surface area (Å²) in [5.74, 6) is -0.389. The van der Waals surface area contributed by atoms with E-state index in [2.05, 4.69) is 5.32 Å². The highest BCUT2D eigenvalue weighted by Crippen LogP contribution is 2.18. The van der Waals surface area contributed by atoms with Crippen LogP contribution in [-0.2, 0) is 4.79 Å². The third-order valence-corrected chi connectivity index (χ3v) is 2.84. The maximum Gasteiger partial charge on any atom is 0.243 e. The van der Waals surface area contributed by atoms with Crippen molar-refractivity contribution < 1.29 is 9.90 Å². The standard InChI is InChI=1S/C14H16N2O2/c1-9(17)13(15)14(18)16-12-7-6-10-4-2-3-5-11(10)8-12/h2-9,13,17H,15H2,1H3,(H,16,18)/t9-,13-/m0/s1. The average molecular weight is 244 g/mol. The van der Waals surface area contributed by atoms with Crippen molar-refractivity contribution in [2.45, 2.75) is 19.1 Å². The molecule has 4 heteroatoms. The van der Waals surface area contributed by atoms with Gasteiger partial charge in [0.05, 0.1) is 6.10 Å². The second kappa shape index (κ2) is 5.16. The summed E-state index contributed by atoms with van der Waals surface area (Å²) in [7, 11) is 0. The third kappa shape index (κ3) is 2.67. The molecule has 2 rings (SSSR count). The van der Waals surface area contributed by atoms with Gasteiger partial charge >= 0.3 is 0 Å². The molecule has 0 aromatic heterocycles. The van der Waals surface area contributed by atoms with E-state index in [0.29, 0.717) is 5.69 Å². The van der Waals surface area contributed by atoms with Crippen molar-refractivity contribution in [3.8, 4) is 0 Å². The first-order valence-corrected chi connectivity index (χ1v) is 5.81. The molecule has 0 aliphatic heterocycles. The van der Waals surface area contributed by atoms with Crippen LogP contribution in [0, 0.1) is 0 Å². The van der Waals surface area contributed by atoms with Gasteiger partial charge in [-0.05, 0) is 29.8 Å². The molecule has 0 fully saturated rings. The lowest BCUT2D eigenvalue weighted by Crippen LogP contribution is -2.43. The number of carbonyl (C=O) groups is 1. The molecule has 0 spiro atoms. The molecule has 2 aromatic carbocycles. The zero-order valence-electron chi connectivity index (χ0n) is 10.1. The van der Waals surface area contributed by atoms with Crippen molar-refractivity contribution >= 4 is 22.4 Å². The Morgan fingerprint density at radius 3 is 2.56 bits per heavy atom. The predicted molar refractivity (Wildman–Crippen MR) is 72.2 cm³/mol. The van der Waals surface area contributed by atoms with Gasteiger partial charge in [0.1, 0.15) is 6.04 Å². The van der Waals surface area contributed by atoms with Gasteiger partial charge in [-0.2, -0.15) is 0 Å². The molecular formula is C14H16N2O2. The number of anilines is 1. The van der Waals surface area contributed by atoms with Gasteiger partial charge in [0.25, 0.3) is 0 Å². The third-order valence-electron chi connectivity index (χ3n) is 2.84. The number of nitrogens with two attached hydrogens (primary N) is 1. The molecule has 4 N–H and O–H groups in total. The number of amides is 1. The topological polar surface area (TPSA) is 75.3 Å². The fourth-order valence-corrected chi connectivity index (χ4v) is 1.71. The Hall–Kier alpha value is -1.91. The molecule has 2 atom stereocenters. The summed E-state index contributed by atoms with van der Waals surface area (Å²) in [6.45, 7) is 1.49. The maximum atomic E-state index is 11.7. The first kappa shape index (κ1) is 12.5. The largest absolute Gasteiger partial charge is 0.391 e. The van der Waals surface area contributed by atoms with Crippen molar-refractivity contribution in [3.05, 3.63) is 42.5 Å². The van der Waals surface area contributed by atoms with E-state index in [1.54, 1.807) is 0 Å². The molecule has 0 radical (unpaired) electrons. The zero-order chi connectivity index (χ0) is 13.1. The van der Waals surface area contributed by atoms with E-state index in [0.717, 1.165) is 10.8 Å². The SMILES string of the molecule is C[C@H](O)[C@H](N)C(=O)Nc1ccc2ccccc2c1. The van der Waals surface area contributed by atoms with Crippen LogP contribution in [0.2, 0.25) is 0 Å². The molecule has 0 heterocycles. The lowest BCUT2D eigenvalue weighted by atomic mass is 10.1. The lowest BCUT2D eigenvalue weighted by Gasteiger charge is -2.14. The smallest absolute Gasteiger partial charge is 0.243 e. The van der Waals surface area contributed by atoms with Gasteiger partial charge in [0, 0.05) is 5.69 Å². The summed E-state index contributed by atoms with van der Waals surface area (Å²) < 4.78 is 0. The van der Waals surface area contributed by atoms with Gasteiger partial charge in [-0.3, -0.25) is 4.79 Å². The quantitative estimate of drug-likeness (QED) is 0.765. The minimum Gasteiger partial charge on any atom is -0.391 e. The zero-order valence-corrected chi connectivity index (χ0v) is 10.1. The Morgan fingerprint density at radius 2 is 1.89 bits per heavy atom. The first-order valence-electron chi connectivity index (χ1n) is 5.81. The minimum atomic E-state index is -0.920. The molecule has 0 aliphatic carbocycles. The molecule has 0 saturated carbocycles. The Balaban J connectivity index is 2.19. The molecule has 0 aliphatic rings. The highest BCUT2D eigenvalue weighted by atomic mass is 16.3. The molecule has 94 valence electrons. The van der Waals surface area contributed by atoms with Gasteiger partial charge in [0.15, 0.2) is 0 Å². The molecular weight excluding hydrogens is 228 g/mol. The van der Waals surface area contributed by atoms with Crippen LogP contribution in [0.3, 0.4) is 0 Å². The summed E-state index contributed by atoms with van der Waals surface area (Å²) in [6.07, 6.45) is -0.870. The van der Waals surface area contributed by atoms with Crippen LogP contribution >= 0.6 is 0 Å². The van der Waals surface area contributed by atoms with Crippen molar-refractivity contribution in [2.24, 2.45) is 5.73 Å². The summed E-state index contributed by atoms with van der Waals surface area (Å²) in [4.78, 5) is 11.7. The Morgan fingerprint density at radius 1 is 1.22 bits per heavy atom. The van der Waals surface area contributed by atoms with Crippen molar-refractivity contribution in [3.63, 3.8) is 0 Å². The van der Waals surface area contributed by atoms with E-state index in [9.17, 15) is 9.90 Å². The number of fused-ring (bicyclic) bond motifs is 1. The number of aliphatic hydroxyl groups excluding tert-OH is 1. The Bertz CT molecular complexity index is 566. The second-order valence-corrected chi connectivity index (χ2v) is 4.32. The van der Waals surface area contributed by atoms with Crippen LogP contribution in [-0.4, -0.2) is 23.2 Å². The summed E-state index contributed by atoms with van der Waals surface area (Å²) >= 11 is 0. The van der Waals surface area contributed by atoms with E-state index in [1.807, 2.05) is 42.5 Å². The monoisotopic (exact) mass is 244 g/mol. The van der Waals surface area contributed by atoms with E-state index < -0.39 is 12.1 Å². The fourth-order valence-electron chi connectivity index (χ4n) is 1.71. The van der Waals surface area contributed by atoms with Crippen molar-refractivity contribution in [1.82, 2.24) is 0 Å². The highest BCUT2D eigenvalue weighted by Gasteiger charge is 2.18. The van der Waals surface area contributed by atoms with Crippen molar-refractivity contribution in [2.75, 3.05) is 5.32 Å². The normalized spacial score (nSPS) is 14.2. The molecule has 2 aromatic rings. The van der Waals surface area contributed by atoms with Gasteiger partial charge in [-0.15, -0.1) is 0 Å². The summed E-state index contributed by atoms with van der Waals surface area (Å²) in [5.41, 5.74) is 6.23. The van der Waals surface area contributed by atoms with Gasteiger partial charge in [-0.25, -0.2) is 0 Å². The average Bonchev–Trinajstić information content (AvgIpc) is 2.37. The van der Waals surface area contributed by atoms with Crippen molar-refractivity contribution in [1.29, 1.82) is 0 Å². The van der Waals surface area contributed by atoms with Crippen LogP contribution in [0.4, 0.5) is 5.69 Å². The number of rotatable bonds is 3. The van der Waals surface area contributed by atoms with Crippen LogP contribution in [0.1, 0.15) is 6.92 Å². The molecule has 0 bridgehead atoms. The van der Waals surface area contributed by atoms with Crippen LogP contribution in [0.5, 0.6) is 0 Å². The van der Waals surface area contributed by atoms with E-state index in [1.165, 1.54) is 6.92 Å². The fraction of sp³-hybridized carbons (Fsp3) is 0.214. The maximum absolute atomic E-state index is 11.7. The van der Waals surface area contributed by atoms with E-state index >= 15 is 0 Å². The predicted octanol–water partition coefficient (Wildman–Crippen LogP) is 1.49. The van der Waals surface area contributed by atoms with Crippen LogP contribution < -0.4 is 11.1 Å². The molecule has 18 heavy (non-hydrogen) atoms. The molecule has 0 saturated heterocycles. The number of nitrogens with one attached hydrogen (secondary N) is 1. The number of aliphatic hydroxyl groups is 1. The number of hydrogen-bond donors (Lipinski definition) is 3. The van der Waals surface area contributed by atoms with E-state index in [-0.39, 0.29) is 5.91 Å². The van der Waals surface area contributed by atoms with Gasteiger partial charge < -0.3 is 16.2 Å². The second-order valence-electron chi connectivity index (χ2n) is 4.32. The van der Waals surface area contributed by atoms with E-state index in [4.69, 9.17) is 5.73 Å². The number of benzene rings is 2. The highest BCUT2D eigenvalue weighted by molar-refractivity contribution is 5.97. The van der Waals surface area contributed by atoms with Crippen LogP contribution in [0.15, 0.2) is 42.5 Å². The Labute approximate surface area is 105 Å². The molecule has 0 unspecified atom stereocenters. The Kier molecular flexibility index (Phi) is 3.60. The molecule has 4 nitrogen and oxygen atoms in total.